The highest BCUT2D eigenvalue weighted by Gasteiger charge is 2.27. The highest BCUT2D eigenvalue weighted by atomic mass is 35.5. The van der Waals surface area contributed by atoms with Gasteiger partial charge in [0.25, 0.3) is 0 Å². The van der Waals surface area contributed by atoms with Crippen molar-refractivity contribution in [1.29, 1.82) is 0 Å². The SMILES string of the molecule is Cc1c2c(cc(Cl)c1C(C)(C)O)OCCCO2. The molecule has 0 amide bonds. The van der Waals surface area contributed by atoms with Gasteiger partial charge >= 0.3 is 0 Å². The standard InChI is InChI=1S/C13H17ClO3/c1-8-11(13(2,3)15)9(14)7-10-12(8)17-6-4-5-16-10/h7,15H,4-6H2,1-3H3. The van der Waals surface area contributed by atoms with Gasteiger partial charge < -0.3 is 14.6 Å². The first kappa shape index (κ1) is 12.5. The van der Waals surface area contributed by atoms with E-state index in [0.717, 1.165) is 12.0 Å². The van der Waals surface area contributed by atoms with Gasteiger partial charge in [-0.2, -0.15) is 0 Å². The normalized spacial score (nSPS) is 15.6. The van der Waals surface area contributed by atoms with E-state index in [1.165, 1.54) is 0 Å². The maximum atomic E-state index is 10.1. The minimum absolute atomic E-state index is 0.513. The molecule has 0 saturated heterocycles. The molecule has 2 rings (SSSR count). The second-order valence-corrected chi connectivity index (χ2v) is 5.20. The van der Waals surface area contributed by atoms with E-state index < -0.39 is 5.60 Å². The number of halogens is 1. The summed E-state index contributed by atoms with van der Waals surface area (Å²) in [6, 6.07) is 1.72. The molecule has 0 aromatic heterocycles. The third kappa shape index (κ3) is 2.35. The summed E-state index contributed by atoms with van der Waals surface area (Å²) in [5.41, 5.74) is 0.552. The summed E-state index contributed by atoms with van der Waals surface area (Å²) < 4.78 is 11.3. The van der Waals surface area contributed by atoms with Crippen LogP contribution in [0.5, 0.6) is 11.5 Å². The zero-order valence-electron chi connectivity index (χ0n) is 10.3. The molecular formula is C13H17ClO3. The van der Waals surface area contributed by atoms with Gasteiger partial charge in [-0.05, 0) is 20.8 Å². The number of rotatable bonds is 1. The number of aliphatic hydroxyl groups is 1. The number of hydrogen-bond donors (Lipinski definition) is 1. The van der Waals surface area contributed by atoms with E-state index >= 15 is 0 Å². The van der Waals surface area contributed by atoms with E-state index in [1.54, 1.807) is 19.9 Å². The van der Waals surface area contributed by atoms with Gasteiger partial charge in [0, 0.05) is 23.6 Å². The molecule has 0 atom stereocenters. The molecule has 1 N–H and O–H groups in total. The maximum Gasteiger partial charge on any atom is 0.164 e. The monoisotopic (exact) mass is 256 g/mol. The molecule has 17 heavy (non-hydrogen) atoms. The maximum absolute atomic E-state index is 10.1. The first-order valence-electron chi connectivity index (χ1n) is 5.73. The van der Waals surface area contributed by atoms with Gasteiger partial charge in [-0.15, -0.1) is 0 Å². The van der Waals surface area contributed by atoms with Crippen molar-refractivity contribution in [3.8, 4) is 11.5 Å². The van der Waals surface area contributed by atoms with Gasteiger partial charge in [-0.1, -0.05) is 11.6 Å². The molecule has 0 unspecified atom stereocenters. The molecule has 0 saturated carbocycles. The van der Waals surface area contributed by atoms with E-state index in [4.69, 9.17) is 21.1 Å². The van der Waals surface area contributed by atoms with Crippen LogP contribution in [0.1, 0.15) is 31.4 Å². The Morgan fingerprint density at radius 3 is 2.59 bits per heavy atom. The Bertz CT molecular complexity index is 435. The lowest BCUT2D eigenvalue weighted by Gasteiger charge is -2.24. The summed E-state index contributed by atoms with van der Waals surface area (Å²) in [6.45, 7) is 6.58. The molecule has 0 bridgehead atoms. The average Bonchev–Trinajstić information content (AvgIpc) is 2.40. The minimum atomic E-state index is -0.994. The van der Waals surface area contributed by atoms with Crippen LogP contribution in [-0.4, -0.2) is 18.3 Å². The molecule has 1 aromatic carbocycles. The highest BCUT2D eigenvalue weighted by molar-refractivity contribution is 6.31. The van der Waals surface area contributed by atoms with E-state index in [2.05, 4.69) is 0 Å². The van der Waals surface area contributed by atoms with Crippen LogP contribution in [0.4, 0.5) is 0 Å². The van der Waals surface area contributed by atoms with Crippen LogP contribution < -0.4 is 9.47 Å². The Morgan fingerprint density at radius 1 is 1.29 bits per heavy atom. The molecule has 94 valence electrons. The Labute approximate surface area is 106 Å². The molecule has 0 spiro atoms. The predicted molar refractivity (Wildman–Crippen MR) is 67.0 cm³/mol. The fourth-order valence-electron chi connectivity index (χ4n) is 2.18. The largest absolute Gasteiger partial charge is 0.489 e. The lowest BCUT2D eigenvalue weighted by Crippen LogP contribution is -2.18. The van der Waals surface area contributed by atoms with Crippen molar-refractivity contribution in [2.45, 2.75) is 32.8 Å². The Morgan fingerprint density at radius 2 is 1.94 bits per heavy atom. The van der Waals surface area contributed by atoms with Crippen LogP contribution in [0.3, 0.4) is 0 Å². The van der Waals surface area contributed by atoms with E-state index in [0.29, 0.717) is 35.3 Å². The van der Waals surface area contributed by atoms with Crippen molar-refractivity contribution in [3.05, 3.63) is 22.2 Å². The molecule has 1 aliphatic heterocycles. The molecule has 3 nitrogen and oxygen atoms in total. The third-order valence-electron chi connectivity index (χ3n) is 2.84. The first-order chi connectivity index (χ1) is 7.91. The van der Waals surface area contributed by atoms with Crippen molar-refractivity contribution in [2.75, 3.05) is 13.2 Å². The number of hydrogen-bond acceptors (Lipinski definition) is 3. The van der Waals surface area contributed by atoms with Crippen molar-refractivity contribution >= 4 is 11.6 Å². The number of ether oxygens (including phenoxy) is 2. The van der Waals surface area contributed by atoms with Crippen LogP contribution >= 0.6 is 11.6 Å². The first-order valence-corrected chi connectivity index (χ1v) is 6.10. The fraction of sp³-hybridized carbons (Fsp3) is 0.538. The zero-order valence-corrected chi connectivity index (χ0v) is 11.1. The smallest absolute Gasteiger partial charge is 0.164 e. The van der Waals surface area contributed by atoms with Gasteiger partial charge in [0.15, 0.2) is 11.5 Å². The molecule has 1 heterocycles. The van der Waals surface area contributed by atoms with E-state index in [9.17, 15) is 5.11 Å². The number of benzene rings is 1. The Balaban J connectivity index is 2.61. The number of fused-ring (bicyclic) bond motifs is 1. The minimum Gasteiger partial charge on any atom is -0.489 e. The van der Waals surface area contributed by atoms with E-state index in [1.807, 2.05) is 6.92 Å². The molecule has 1 aromatic rings. The summed E-state index contributed by atoms with van der Waals surface area (Å²) >= 11 is 6.21. The summed E-state index contributed by atoms with van der Waals surface area (Å²) in [7, 11) is 0. The zero-order chi connectivity index (χ0) is 12.6. The van der Waals surface area contributed by atoms with Crippen molar-refractivity contribution in [1.82, 2.24) is 0 Å². The summed E-state index contributed by atoms with van der Waals surface area (Å²) in [6.07, 6.45) is 0.851. The predicted octanol–water partition coefficient (Wildman–Crippen LogP) is 3.04. The third-order valence-corrected chi connectivity index (χ3v) is 3.14. The van der Waals surface area contributed by atoms with Gasteiger partial charge in [0.1, 0.15) is 0 Å². The quantitative estimate of drug-likeness (QED) is 0.839. The lowest BCUT2D eigenvalue weighted by molar-refractivity contribution is 0.0776. The molecule has 0 radical (unpaired) electrons. The Hall–Kier alpha value is -0.930. The van der Waals surface area contributed by atoms with Gasteiger partial charge in [-0.3, -0.25) is 0 Å². The molecule has 0 aliphatic carbocycles. The molecule has 4 heteroatoms. The van der Waals surface area contributed by atoms with Crippen LogP contribution in [-0.2, 0) is 5.60 Å². The van der Waals surface area contributed by atoms with E-state index in [-0.39, 0.29) is 0 Å². The van der Waals surface area contributed by atoms with Crippen molar-refractivity contribution in [2.24, 2.45) is 0 Å². The fourth-order valence-corrected chi connectivity index (χ4v) is 2.66. The van der Waals surface area contributed by atoms with Crippen LogP contribution in [0.2, 0.25) is 5.02 Å². The van der Waals surface area contributed by atoms with Gasteiger partial charge in [0.05, 0.1) is 23.8 Å². The van der Waals surface area contributed by atoms with Crippen LogP contribution in [0, 0.1) is 6.92 Å². The summed E-state index contributed by atoms with van der Waals surface area (Å²) in [4.78, 5) is 0. The molecular weight excluding hydrogens is 240 g/mol. The van der Waals surface area contributed by atoms with Gasteiger partial charge in [0.2, 0.25) is 0 Å². The topological polar surface area (TPSA) is 38.7 Å². The lowest BCUT2D eigenvalue weighted by atomic mass is 9.93. The van der Waals surface area contributed by atoms with Crippen LogP contribution in [0.15, 0.2) is 6.07 Å². The van der Waals surface area contributed by atoms with Crippen molar-refractivity contribution in [3.63, 3.8) is 0 Å². The highest BCUT2D eigenvalue weighted by Crippen LogP contribution is 2.42. The van der Waals surface area contributed by atoms with Gasteiger partial charge in [-0.25, -0.2) is 0 Å². The molecule has 1 aliphatic rings. The second-order valence-electron chi connectivity index (χ2n) is 4.80. The molecule has 0 fully saturated rings. The Kier molecular flexibility index (Phi) is 3.23. The van der Waals surface area contributed by atoms with Crippen LogP contribution in [0.25, 0.3) is 0 Å². The average molecular weight is 257 g/mol. The summed E-state index contributed by atoms with van der Waals surface area (Å²) in [5.74, 6) is 1.36. The van der Waals surface area contributed by atoms with Crippen molar-refractivity contribution < 1.29 is 14.6 Å². The summed E-state index contributed by atoms with van der Waals surface area (Å²) in [5, 5.41) is 10.7. The second kappa shape index (κ2) is 4.39.